The Kier molecular flexibility index (Phi) is 76.2. The number of rotatable bonds is 86. The molecule has 8 atom stereocenters. The smallest absolute Gasteiger partial charge is 0.462 e. The van der Waals surface area contributed by atoms with Crippen LogP contribution >= 0.6 is 15.6 Å². The molecule has 0 saturated heterocycles. The zero-order valence-corrected chi connectivity index (χ0v) is 73.3. The van der Waals surface area contributed by atoms with Crippen LogP contribution < -0.4 is 0 Å². The predicted molar refractivity (Wildman–Crippen MR) is 446 cm³/mol. The van der Waals surface area contributed by atoms with Crippen LogP contribution in [0.5, 0.6) is 0 Å². The Morgan fingerprint density at radius 2 is 0.444 bits per heavy atom. The molecule has 0 amide bonds. The zero-order chi connectivity index (χ0) is 79.5. The van der Waals surface area contributed by atoms with E-state index in [4.69, 9.17) is 37.0 Å². The van der Waals surface area contributed by atoms with Gasteiger partial charge in [-0.2, -0.15) is 0 Å². The van der Waals surface area contributed by atoms with Crippen LogP contribution in [0.4, 0.5) is 0 Å². The Morgan fingerprint density at radius 1 is 0.259 bits per heavy atom. The molecule has 0 radical (unpaired) electrons. The molecule has 0 rings (SSSR count). The average Bonchev–Trinajstić information content (AvgIpc) is 0.901. The fourth-order valence-corrected chi connectivity index (χ4v) is 15.3. The molecular formula is C89H174O17P2. The third-order valence-electron chi connectivity index (χ3n) is 21.9. The van der Waals surface area contributed by atoms with Crippen molar-refractivity contribution in [1.29, 1.82) is 0 Å². The van der Waals surface area contributed by atoms with Crippen molar-refractivity contribution in [2.24, 2.45) is 23.7 Å². The van der Waals surface area contributed by atoms with E-state index in [1.54, 1.807) is 0 Å². The first-order valence-corrected chi connectivity index (χ1v) is 48.8. The summed E-state index contributed by atoms with van der Waals surface area (Å²) in [5, 5.41) is 10.7. The Labute approximate surface area is 664 Å². The van der Waals surface area contributed by atoms with Crippen molar-refractivity contribution < 1.29 is 80.2 Å². The minimum absolute atomic E-state index is 0.105. The molecule has 19 heteroatoms. The van der Waals surface area contributed by atoms with E-state index in [1.807, 2.05) is 0 Å². The molecule has 3 N–H and O–H groups in total. The number of esters is 4. The summed E-state index contributed by atoms with van der Waals surface area (Å²) in [7, 11) is -9.93. The minimum atomic E-state index is -4.97. The molecule has 642 valence electrons. The third kappa shape index (κ3) is 78.0. The van der Waals surface area contributed by atoms with E-state index >= 15 is 0 Å². The van der Waals surface area contributed by atoms with Gasteiger partial charge in [0.05, 0.1) is 26.4 Å². The summed E-state index contributed by atoms with van der Waals surface area (Å²) in [5.74, 6) is 1.15. The highest BCUT2D eigenvalue weighted by molar-refractivity contribution is 7.47. The maximum Gasteiger partial charge on any atom is 0.472 e. The first-order chi connectivity index (χ1) is 52.2. The predicted octanol–water partition coefficient (Wildman–Crippen LogP) is 27.1. The number of aliphatic hydroxyl groups is 1. The van der Waals surface area contributed by atoms with E-state index in [1.165, 1.54) is 270 Å². The second-order valence-corrected chi connectivity index (χ2v) is 36.1. The summed E-state index contributed by atoms with van der Waals surface area (Å²) < 4.78 is 68.9. The highest BCUT2D eigenvalue weighted by Gasteiger charge is 2.31. The molecule has 0 aliphatic rings. The van der Waals surface area contributed by atoms with Gasteiger partial charge in [0.15, 0.2) is 12.2 Å². The third-order valence-corrected chi connectivity index (χ3v) is 23.8. The molecule has 0 saturated carbocycles. The van der Waals surface area contributed by atoms with Gasteiger partial charge in [-0.15, -0.1) is 0 Å². The van der Waals surface area contributed by atoms with Gasteiger partial charge in [0.25, 0.3) is 0 Å². The van der Waals surface area contributed by atoms with Crippen molar-refractivity contribution in [3.63, 3.8) is 0 Å². The lowest BCUT2D eigenvalue weighted by molar-refractivity contribution is -0.161. The molecule has 0 aromatic carbocycles. The van der Waals surface area contributed by atoms with Gasteiger partial charge in [-0.1, -0.05) is 415 Å². The number of phosphoric ester groups is 2. The summed E-state index contributed by atoms with van der Waals surface area (Å²) in [6.45, 7) is 14.4. The van der Waals surface area contributed by atoms with Gasteiger partial charge in [0.1, 0.15) is 19.3 Å². The Balaban J connectivity index is 5.22. The Hall–Kier alpha value is -1.94. The van der Waals surface area contributed by atoms with Gasteiger partial charge < -0.3 is 33.8 Å². The lowest BCUT2D eigenvalue weighted by atomic mass is 9.99. The number of phosphoric acid groups is 2. The van der Waals surface area contributed by atoms with E-state index in [2.05, 4.69) is 55.4 Å². The van der Waals surface area contributed by atoms with Gasteiger partial charge in [0.2, 0.25) is 0 Å². The fourth-order valence-electron chi connectivity index (χ4n) is 13.8. The second-order valence-electron chi connectivity index (χ2n) is 33.2. The summed E-state index contributed by atoms with van der Waals surface area (Å²) >= 11 is 0. The standard InChI is InChI=1S/C89H174O17P2/c1-9-80(6)66-58-50-42-34-28-24-20-16-12-14-18-22-26-30-36-45-53-61-69-86(91)99-75-84(105-88(93)71-63-55-47-37-31-27-23-19-15-13-17-21-25-29-35-43-51-59-67-81(7)10-2)77-103-107(95,96)101-73-83(90)74-102-108(97,98)104-78-85(106-89(94)72-64-56-48-38-32-33-41-49-57-65-79(4)5)76-100-87(92)70-62-54-46-40-39-44-52-60-68-82(8)11-3/h79-85,90H,9-78H2,1-8H3,(H,95,96)(H,97,98)/t80?,81?,82?,83-,84-,85-/m1/s1. The minimum Gasteiger partial charge on any atom is -0.462 e. The van der Waals surface area contributed by atoms with Gasteiger partial charge in [-0.25, -0.2) is 9.13 Å². The van der Waals surface area contributed by atoms with Crippen molar-refractivity contribution in [3.05, 3.63) is 0 Å². The van der Waals surface area contributed by atoms with Crippen LogP contribution in [0.2, 0.25) is 0 Å². The van der Waals surface area contributed by atoms with Crippen LogP contribution in [0.25, 0.3) is 0 Å². The number of ether oxygens (including phenoxy) is 4. The van der Waals surface area contributed by atoms with Gasteiger partial charge in [0, 0.05) is 25.7 Å². The van der Waals surface area contributed by atoms with Crippen LogP contribution in [-0.4, -0.2) is 96.7 Å². The number of aliphatic hydroxyl groups excluding tert-OH is 1. The van der Waals surface area contributed by atoms with Crippen molar-refractivity contribution in [2.75, 3.05) is 39.6 Å². The molecule has 0 aliphatic heterocycles. The fraction of sp³-hybridized carbons (Fsp3) is 0.955. The number of unbranched alkanes of at least 4 members (excludes halogenated alkanes) is 49. The van der Waals surface area contributed by atoms with Crippen molar-refractivity contribution >= 4 is 39.5 Å². The topological polar surface area (TPSA) is 237 Å². The number of hydrogen-bond donors (Lipinski definition) is 3. The zero-order valence-electron chi connectivity index (χ0n) is 71.5. The van der Waals surface area contributed by atoms with E-state index < -0.39 is 97.5 Å². The summed E-state index contributed by atoms with van der Waals surface area (Å²) in [4.78, 5) is 73.3. The maximum atomic E-state index is 13.2. The summed E-state index contributed by atoms with van der Waals surface area (Å²) in [5.41, 5.74) is 0. The molecular weight excluding hydrogens is 1400 g/mol. The molecule has 0 aromatic heterocycles. The van der Waals surface area contributed by atoms with Gasteiger partial charge >= 0.3 is 39.5 Å². The lowest BCUT2D eigenvalue weighted by Crippen LogP contribution is -2.30. The maximum absolute atomic E-state index is 13.2. The molecule has 0 heterocycles. The largest absolute Gasteiger partial charge is 0.472 e. The first-order valence-electron chi connectivity index (χ1n) is 45.8. The van der Waals surface area contributed by atoms with E-state index in [-0.39, 0.29) is 25.7 Å². The summed E-state index contributed by atoms with van der Waals surface area (Å²) in [6.07, 6.45) is 68.1. The molecule has 0 aromatic rings. The highest BCUT2D eigenvalue weighted by Crippen LogP contribution is 2.45. The van der Waals surface area contributed by atoms with Crippen molar-refractivity contribution in [1.82, 2.24) is 0 Å². The number of hydrogen-bond acceptors (Lipinski definition) is 15. The summed E-state index contributed by atoms with van der Waals surface area (Å²) in [6, 6.07) is 0. The van der Waals surface area contributed by atoms with Crippen LogP contribution in [0.1, 0.15) is 466 Å². The highest BCUT2D eigenvalue weighted by atomic mass is 31.2. The van der Waals surface area contributed by atoms with Crippen LogP contribution in [0.3, 0.4) is 0 Å². The van der Waals surface area contributed by atoms with Crippen molar-refractivity contribution in [3.8, 4) is 0 Å². The van der Waals surface area contributed by atoms with Crippen molar-refractivity contribution in [2.45, 2.75) is 485 Å². The van der Waals surface area contributed by atoms with E-state index in [9.17, 15) is 43.2 Å². The Morgan fingerprint density at radius 3 is 0.657 bits per heavy atom. The van der Waals surface area contributed by atoms with Gasteiger partial charge in [-0.3, -0.25) is 37.3 Å². The van der Waals surface area contributed by atoms with E-state index in [0.717, 1.165) is 114 Å². The van der Waals surface area contributed by atoms with E-state index in [0.29, 0.717) is 25.7 Å². The van der Waals surface area contributed by atoms with Crippen LogP contribution in [-0.2, 0) is 65.4 Å². The van der Waals surface area contributed by atoms with Crippen LogP contribution in [0, 0.1) is 23.7 Å². The molecule has 5 unspecified atom stereocenters. The second kappa shape index (κ2) is 77.6. The number of carbonyl (C=O) groups is 4. The molecule has 0 fully saturated rings. The Bertz CT molecular complexity index is 2100. The SMILES string of the molecule is CCC(C)CCCCCCCCCCCCCCCCCCCCC(=O)OC[C@H](COP(=O)(O)OC[C@@H](O)COP(=O)(O)OC[C@@H](COC(=O)CCCCCCCCCCC(C)CC)OC(=O)CCCCCCCCCCCC(C)C)OC(=O)CCCCCCCCCCCCCCCCCCCCC(C)CC. The normalized spacial score (nSPS) is 14.6. The quantitative estimate of drug-likeness (QED) is 0.0222. The molecule has 17 nitrogen and oxygen atoms in total. The molecule has 0 bridgehead atoms. The molecule has 108 heavy (non-hydrogen) atoms. The molecule has 0 aliphatic carbocycles. The van der Waals surface area contributed by atoms with Gasteiger partial charge in [-0.05, 0) is 49.4 Å². The first kappa shape index (κ1) is 106. The molecule has 0 spiro atoms. The lowest BCUT2D eigenvalue weighted by Gasteiger charge is -2.21. The van der Waals surface area contributed by atoms with Crippen LogP contribution in [0.15, 0.2) is 0 Å². The average molecular weight is 1580 g/mol. The number of carbonyl (C=O) groups excluding carboxylic acids is 4. The monoisotopic (exact) mass is 1580 g/mol.